The van der Waals surface area contributed by atoms with Crippen LogP contribution in [-0.2, 0) is 6.54 Å². The topological polar surface area (TPSA) is 20.3 Å². The van der Waals surface area contributed by atoms with Crippen molar-refractivity contribution in [2.24, 2.45) is 0 Å². The van der Waals surface area contributed by atoms with E-state index in [2.05, 4.69) is 17.9 Å². The lowest BCUT2D eigenvalue weighted by Gasteiger charge is -2.34. The van der Waals surface area contributed by atoms with Gasteiger partial charge in [0.25, 0.3) is 5.91 Å². The molecule has 0 N–H and O–H groups in total. The SMILES string of the molecule is Cc1cccc2c1CN(C1CCC1)C2=O. The van der Waals surface area contributed by atoms with Crippen molar-refractivity contribution in [3.05, 3.63) is 34.9 Å². The predicted molar refractivity (Wildman–Crippen MR) is 58.7 cm³/mol. The van der Waals surface area contributed by atoms with Crippen LogP contribution >= 0.6 is 0 Å². The van der Waals surface area contributed by atoms with Gasteiger partial charge in [-0.2, -0.15) is 0 Å². The van der Waals surface area contributed by atoms with Crippen molar-refractivity contribution >= 4 is 5.91 Å². The van der Waals surface area contributed by atoms with Gasteiger partial charge in [-0.3, -0.25) is 4.79 Å². The van der Waals surface area contributed by atoms with Crippen molar-refractivity contribution in [1.29, 1.82) is 0 Å². The molecule has 0 radical (unpaired) electrons. The predicted octanol–water partition coefficient (Wildman–Crippen LogP) is 2.50. The summed E-state index contributed by atoms with van der Waals surface area (Å²) in [5, 5.41) is 0. The second-order valence-corrected chi connectivity index (χ2v) is 4.62. The summed E-state index contributed by atoms with van der Waals surface area (Å²) >= 11 is 0. The number of carbonyl (C=O) groups excluding carboxylic acids is 1. The van der Waals surface area contributed by atoms with Gasteiger partial charge in [-0.1, -0.05) is 12.1 Å². The number of benzene rings is 1. The third-order valence-corrected chi connectivity index (χ3v) is 3.75. The molecule has 78 valence electrons. The minimum atomic E-state index is 0.249. The van der Waals surface area contributed by atoms with Gasteiger partial charge in [0.15, 0.2) is 0 Å². The van der Waals surface area contributed by atoms with Crippen LogP contribution in [0.25, 0.3) is 0 Å². The summed E-state index contributed by atoms with van der Waals surface area (Å²) in [6.45, 7) is 2.93. The van der Waals surface area contributed by atoms with E-state index in [1.807, 2.05) is 12.1 Å². The van der Waals surface area contributed by atoms with E-state index in [0.717, 1.165) is 12.1 Å². The fourth-order valence-electron chi connectivity index (χ4n) is 2.50. The molecule has 15 heavy (non-hydrogen) atoms. The maximum Gasteiger partial charge on any atom is 0.254 e. The van der Waals surface area contributed by atoms with E-state index < -0.39 is 0 Å². The minimum Gasteiger partial charge on any atom is -0.331 e. The number of hydrogen-bond donors (Lipinski definition) is 0. The quantitative estimate of drug-likeness (QED) is 0.683. The van der Waals surface area contributed by atoms with Crippen molar-refractivity contribution in [2.75, 3.05) is 0 Å². The number of nitrogens with zero attached hydrogens (tertiary/aromatic N) is 1. The highest BCUT2D eigenvalue weighted by atomic mass is 16.2. The molecule has 2 heteroatoms. The second-order valence-electron chi connectivity index (χ2n) is 4.62. The molecule has 1 aromatic rings. The number of fused-ring (bicyclic) bond motifs is 1. The first-order valence-corrected chi connectivity index (χ1v) is 5.67. The third kappa shape index (κ3) is 1.21. The monoisotopic (exact) mass is 201 g/mol. The van der Waals surface area contributed by atoms with E-state index in [1.54, 1.807) is 0 Å². The van der Waals surface area contributed by atoms with Crippen LogP contribution in [0.3, 0.4) is 0 Å². The minimum absolute atomic E-state index is 0.249. The lowest BCUT2D eigenvalue weighted by Crippen LogP contribution is -2.40. The Morgan fingerprint density at radius 3 is 2.73 bits per heavy atom. The van der Waals surface area contributed by atoms with E-state index in [1.165, 1.54) is 30.4 Å². The number of rotatable bonds is 1. The maximum absolute atomic E-state index is 12.1. The van der Waals surface area contributed by atoms with Crippen LogP contribution in [0.5, 0.6) is 0 Å². The summed E-state index contributed by atoms with van der Waals surface area (Å²) in [6.07, 6.45) is 3.67. The Hall–Kier alpha value is -1.31. The first-order chi connectivity index (χ1) is 7.27. The van der Waals surface area contributed by atoms with Gasteiger partial charge in [-0.25, -0.2) is 0 Å². The Kier molecular flexibility index (Phi) is 1.84. The molecule has 1 amide bonds. The first-order valence-electron chi connectivity index (χ1n) is 5.67. The van der Waals surface area contributed by atoms with Gasteiger partial charge < -0.3 is 4.90 Å². The van der Waals surface area contributed by atoms with Crippen LogP contribution in [0.2, 0.25) is 0 Å². The van der Waals surface area contributed by atoms with Crippen LogP contribution in [0.4, 0.5) is 0 Å². The van der Waals surface area contributed by atoms with Gasteiger partial charge in [-0.15, -0.1) is 0 Å². The van der Waals surface area contributed by atoms with Crippen LogP contribution in [0.15, 0.2) is 18.2 Å². The average molecular weight is 201 g/mol. The Morgan fingerprint density at radius 1 is 1.33 bits per heavy atom. The Balaban J connectivity index is 1.97. The van der Waals surface area contributed by atoms with Crippen molar-refractivity contribution < 1.29 is 4.79 Å². The van der Waals surface area contributed by atoms with Gasteiger partial charge in [0.2, 0.25) is 0 Å². The van der Waals surface area contributed by atoms with Gasteiger partial charge in [-0.05, 0) is 43.4 Å². The molecule has 1 fully saturated rings. The molecule has 0 saturated heterocycles. The molecule has 2 nitrogen and oxygen atoms in total. The standard InChI is InChI=1S/C13H15NO/c1-9-4-2-7-11-12(9)8-14(13(11)15)10-5-3-6-10/h2,4,7,10H,3,5-6,8H2,1H3. The molecule has 2 aliphatic rings. The molecule has 0 unspecified atom stereocenters. The van der Waals surface area contributed by atoms with Gasteiger partial charge in [0.05, 0.1) is 0 Å². The first kappa shape index (κ1) is 8.96. The fraction of sp³-hybridized carbons (Fsp3) is 0.462. The molecule has 1 aromatic carbocycles. The van der Waals surface area contributed by atoms with Crippen molar-refractivity contribution in [3.8, 4) is 0 Å². The molecule has 1 saturated carbocycles. The number of amides is 1. The highest BCUT2D eigenvalue weighted by Gasteiger charge is 2.35. The Morgan fingerprint density at radius 2 is 2.13 bits per heavy atom. The largest absolute Gasteiger partial charge is 0.331 e. The molecule has 0 spiro atoms. The van der Waals surface area contributed by atoms with E-state index in [9.17, 15) is 4.79 Å². The van der Waals surface area contributed by atoms with Crippen molar-refractivity contribution in [1.82, 2.24) is 4.90 Å². The molecular formula is C13H15NO. The number of carbonyl (C=O) groups is 1. The summed E-state index contributed by atoms with van der Waals surface area (Å²) in [6, 6.07) is 6.56. The molecule has 0 aromatic heterocycles. The Labute approximate surface area is 89.9 Å². The fourth-order valence-corrected chi connectivity index (χ4v) is 2.50. The number of hydrogen-bond acceptors (Lipinski definition) is 1. The summed E-state index contributed by atoms with van der Waals surface area (Å²) in [5.74, 6) is 0.249. The molecule has 0 bridgehead atoms. The van der Waals surface area contributed by atoms with E-state index in [0.29, 0.717) is 6.04 Å². The van der Waals surface area contributed by atoms with Crippen LogP contribution in [0.1, 0.15) is 40.7 Å². The Bertz CT molecular complexity index is 421. The summed E-state index contributed by atoms with van der Waals surface area (Å²) in [4.78, 5) is 14.2. The van der Waals surface area contributed by atoms with Crippen LogP contribution in [-0.4, -0.2) is 16.8 Å². The molecule has 1 heterocycles. The summed E-state index contributed by atoms with van der Waals surface area (Å²) < 4.78 is 0. The maximum atomic E-state index is 12.1. The summed E-state index contributed by atoms with van der Waals surface area (Å²) in [7, 11) is 0. The van der Waals surface area contributed by atoms with Gasteiger partial charge in [0.1, 0.15) is 0 Å². The molecule has 3 rings (SSSR count). The lowest BCUT2D eigenvalue weighted by molar-refractivity contribution is 0.0606. The molecule has 1 aliphatic heterocycles. The van der Waals surface area contributed by atoms with E-state index >= 15 is 0 Å². The van der Waals surface area contributed by atoms with Gasteiger partial charge >= 0.3 is 0 Å². The highest BCUT2D eigenvalue weighted by Crippen LogP contribution is 2.33. The third-order valence-electron chi connectivity index (χ3n) is 3.75. The molecule has 0 atom stereocenters. The smallest absolute Gasteiger partial charge is 0.254 e. The average Bonchev–Trinajstić information content (AvgIpc) is 2.45. The van der Waals surface area contributed by atoms with E-state index in [4.69, 9.17) is 0 Å². The second kappa shape index (κ2) is 3.09. The summed E-state index contributed by atoms with van der Waals surface area (Å²) in [5.41, 5.74) is 3.43. The molecule has 1 aliphatic carbocycles. The molecular weight excluding hydrogens is 186 g/mol. The van der Waals surface area contributed by atoms with E-state index in [-0.39, 0.29) is 5.91 Å². The van der Waals surface area contributed by atoms with Gasteiger partial charge in [0, 0.05) is 18.2 Å². The van der Waals surface area contributed by atoms with Crippen LogP contribution in [0, 0.1) is 6.92 Å². The number of aryl methyl sites for hydroxylation is 1. The normalized spacial score (nSPS) is 20.3. The van der Waals surface area contributed by atoms with Crippen molar-refractivity contribution in [3.63, 3.8) is 0 Å². The lowest BCUT2D eigenvalue weighted by atomic mass is 9.92. The highest BCUT2D eigenvalue weighted by molar-refractivity contribution is 5.99. The van der Waals surface area contributed by atoms with Crippen molar-refractivity contribution in [2.45, 2.75) is 38.8 Å². The van der Waals surface area contributed by atoms with Crippen LogP contribution < -0.4 is 0 Å². The zero-order chi connectivity index (χ0) is 10.4. The zero-order valence-electron chi connectivity index (χ0n) is 8.99. The zero-order valence-corrected chi connectivity index (χ0v) is 8.99.